The van der Waals surface area contributed by atoms with Gasteiger partial charge in [-0.15, -0.1) is 0 Å². The standard InChI is InChI=1S/C27H27NO11/c1-14(29)35-13-21-23(36-15(2)30)24(37-16(3)31)22(27(39-21)38-18-11-9-17(34-4)10-12-18)28-25(32)19-7-5-6-8-20(19)26(28)33/h5-12,21-24,27H,13H2,1-4H3/t21-,22-,23-,24-,27-/m1/s1. The molecule has 2 aromatic rings. The van der Waals surface area contributed by atoms with Crippen LogP contribution in [0.5, 0.6) is 11.5 Å². The number of rotatable bonds is 8. The smallest absolute Gasteiger partial charge is 0.303 e. The maximum atomic E-state index is 13.5. The van der Waals surface area contributed by atoms with Crippen LogP contribution in [-0.2, 0) is 33.3 Å². The molecule has 2 heterocycles. The average Bonchev–Trinajstić information content (AvgIpc) is 3.14. The van der Waals surface area contributed by atoms with Crippen LogP contribution in [0.1, 0.15) is 41.5 Å². The molecule has 0 aliphatic carbocycles. The van der Waals surface area contributed by atoms with Crippen LogP contribution in [0.3, 0.4) is 0 Å². The molecule has 0 bridgehead atoms. The van der Waals surface area contributed by atoms with Crippen LogP contribution >= 0.6 is 0 Å². The van der Waals surface area contributed by atoms with E-state index in [9.17, 15) is 24.0 Å². The van der Waals surface area contributed by atoms with Gasteiger partial charge in [0.05, 0.1) is 18.2 Å². The summed E-state index contributed by atoms with van der Waals surface area (Å²) in [7, 11) is 1.50. The van der Waals surface area contributed by atoms with Gasteiger partial charge in [0, 0.05) is 20.8 Å². The van der Waals surface area contributed by atoms with Gasteiger partial charge in [-0.05, 0) is 36.4 Å². The minimum Gasteiger partial charge on any atom is -0.497 e. The van der Waals surface area contributed by atoms with Crippen LogP contribution in [-0.4, -0.2) is 79.0 Å². The minimum absolute atomic E-state index is 0.137. The Morgan fingerprint density at radius 3 is 1.85 bits per heavy atom. The summed E-state index contributed by atoms with van der Waals surface area (Å²) in [6, 6.07) is 11.2. The number of ether oxygens (including phenoxy) is 6. The summed E-state index contributed by atoms with van der Waals surface area (Å²) < 4.78 is 33.5. The van der Waals surface area contributed by atoms with Gasteiger partial charge in [-0.2, -0.15) is 0 Å². The maximum absolute atomic E-state index is 13.5. The van der Waals surface area contributed by atoms with E-state index in [1.54, 1.807) is 36.4 Å². The topological polar surface area (TPSA) is 144 Å². The van der Waals surface area contributed by atoms with Crippen molar-refractivity contribution in [2.45, 2.75) is 51.4 Å². The van der Waals surface area contributed by atoms with Crippen LogP contribution in [0.2, 0.25) is 0 Å². The van der Waals surface area contributed by atoms with Gasteiger partial charge in [-0.3, -0.25) is 28.9 Å². The monoisotopic (exact) mass is 541 g/mol. The molecule has 2 amide bonds. The molecule has 12 nitrogen and oxygen atoms in total. The second-order valence-corrected chi connectivity index (χ2v) is 8.80. The Kier molecular flexibility index (Phi) is 8.15. The van der Waals surface area contributed by atoms with Gasteiger partial charge in [-0.25, -0.2) is 0 Å². The zero-order chi connectivity index (χ0) is 28.3. The number of nitrogens with zero attached hydrogens (tertiary/aromatic N) is 1. The molecule has 0 spiro atoms. The molecule has 0 unspecified atom stereocenters. The molecule has 0 saturated carbocycles. The molecule has 39 heavy (non-hydrogen) atoms. The Morgan fingerprint density at radius 1 is 0.795 bits per heavy atom. The molecule has 0 radical (unpaired) electrons. The van der Waals surface area contributed by atoms with Gasteiger partial charge in [0.1, 0.15) is 30.3 Å². The fraction of sp³-hybridized carbons (Fsp3) is 0.370. The van der Waals surface area contributed by atoms with E-state index in [0.717, 1.165) is 18.7 Å². The lowest BCUT2D eigenvalue weighted by molar-refractivity contribution is -0.265. The quantitative estimate of drug-likeness (QED) is 0.274. The van der Waals surface area contributed by atoms with Gasteiger partial charge in [-0.1, -0.05) is 12.1 Å². The number of carbonyl (C=O) groups is 5. The lowest BCUT2D eigenvalue weighted by atomic mass is 9.94. The molecule has 5 atom stereocenters. The van der Waals surface area contributed by atoms with Crippen molar-refractivity contribution in [2.75, 3.05) is 13.7 Å². The number of benzene rings is 2. The molecule has 12 heteroatoms. The van der Waals surface area contributed by atoms with Crippen LogP contribution in [0.4, 0.5) is 0 Å². The van der Waals surface area contributed by atoms with E-state index in [-0.39, 0.29) is 16.9 Å². The summed E-state index contributed by atoms with van der Waals surface area (Å²) in [4.78, 5) is 63.8. The zero-order valence-electron chi connectivity index (χ0n) is 21.7. The Labute approximate surface area is 223 Å². The SMILES string of the molecule is COc1ccc(O[C@@H]2O[C@H](COC(C)=O)[C@@H](OC(C)=O)[C@H](OC(C)=O)[C@H]2N2C(=O)c3ccccc3C2=O)cc1. The second-order valence-electron chi connectivity index (χ2n) is 8.80. The van der Waals surface area contributed by atoms with Crippen LogP contribution in [0.25, 0.3) is 0 Å². The molecule has 0 N–H and O–H groups in total. The summed E-state index contributed by atoms with van der Waals surface area (Å²) in [6.45, 7) is 3.04. The lowest BCUT2D eigenvalue weighted by Crippen LogP contribution is -2.68. The third-order valence-electron chi connectivity index (χ3n) is 6.10. The number of hydrogen-bond donors (Lipinski definition) is 0. The normalized spacial score (nSPS) is 24.0. The van der Waals surface area contributed by atoms with Crippen molar-refractivity contribution in [3.8, 4) is 11.5 Å². The molecule has 206 valence electrons. The highest BCUT2D eigenvalue weighted by Gasteiger charge is 2.57. The average molecular weight is 542 g/mol. The van der Waals surface area contributed by atoms with Crippen molar-refractivity contribution in [3.05, 3.63) is 59.7 Å². The fourth-order valence-electron chi connectivity index (χ4n) is 4.52. The van der Waals surface area contributed by atoms with Crippen LogP contribution in [0, 0.1) is 0 Å². The molecule has 1 fully saturated rings. The van der Waals surface area contributed by atoms with Crippen molar-refractivity contribution in [2.24, 2.45) is 0 Å². The molecular formula is C27H27NO11. The molecule has 4 rings (SSSR count). The van der Waals surface area contributed by atoms with Crippen LogP contribution < -0.4 is 9.47 Å². The van der Waals surface area contributed by atoms with Crippen LogP contribution in [0.15, 0.2) is 48.5 Å². The predicted octanol–water partition coefficient (Wildman–Crippen LogP) is 1.89. The first kappa shape index (κ1) is 27.6. The van der Waals surface area contributed by atoms with Gasteiger partial charge in [0.2, 0.25) is 6.29 Å². The third kappa shape index (κ3) is 5.85. The number of imide groups is 1. The van der Waals surface area contributed by atoms with Gasteiger partial charge >= 0.3 is 17.9 Å². The lowest BCUT2D eigenvalue weighted by Gasteiger charge is -2.46. The van der Waals surface area contributed by atoms with Gasteiger partial charge in [0.15, 0.2) is 12.2 Å². The highest BCUT2D eigenvalue weighted by molar-refractivity contribution is 6.21. The Hall–Kier alpha value is -4.45. The third-order valence-corrected chi connectivity index (χ3v) is 6.10. The Morgan fingerprint density at radius 2 is 1.33 bits per heavy atom. The Balaban J connectivity index is 1.81. The highest BCUT2D eigenvalue weighted by Crippen LogP contribution is 2.36. The number of fused-ring (bicyclic) bond motifs is 1. The van der Waals surface area contributed by atoms with Crippen molar-refractivity contribution < 1.29 is 52.4 Å². The van der Waals surface area contributed by atoms with E-state index in [2.05, 4.69) is 0 Å². The van der Waals surface area contributed by atoms with E-state index in [4.69, 9.17) is 28.4 Å². The molecule has 0 aromatic heterocycles. The first-order valence-corrected chi connectivity index (χ1v) is 12.0. The highest BCUT2D eigenvalue weighted by atomic mass is 16.7. The number of carbonyl (C=O) groups excluding carboxylic acids is 5. The summed E-state index contributed by atoms with van der Waals surface area (Å²) in [5.41, 5.74) is 0.275. The summed E-state index contributed by atoms with van der Waals surface area (Å²) in [5.74, 6) is -2.72. The van der Waals surface area contributed by atoms with Crippen molar-refractivity contribution >= 4 is 29.7 Å². The van der Waals surface area contributed by atoms with Gasteiger partial charge < -0.3 is 28.4 Å². The first-order chi connectivity index (χ1) is 18.6. The Bertz CT molecular complexity index is 1240. The number of amides is 2. The van der Waals surface area contributed by atoms with E-state index >= 15 is 0 Å². The largest absolute Gasteiger partial charge is 0.497 e. The summed E-state index contributed by atoms with van der Waals surface area (Å²) in [5, 5.41) is 0. The van der Waals surface area contributed by atoms with E-state index in [1.807, 2.05) is 0 Å². The number of methoxy groups -OCH3 is 1. The van der Waals surface area contributed by atoms with Gasteiger partial charge in [0.25, 0.3) is 11.8 Å². The van der Waals surface area contributed by atoms with Crippen molar-refractivity contribution in [1.29, 1.82) is 0 Å². The molecular weight excluding hydrogens is 514 g/mol. The fourth-order valence-corrected chi connectivity index (χ4v) is 4.52. The minimum atomic E-state index is -1.44. The molecule has 2 aliphatic rings. The number of esters is 3. The van der Waals surface area contributed by atoms with E-state index < -0.39 is 67.0 Å². The molecule has 2 aromatic carbocycles. The first-order valence-electron chi connectivity index (χ1n) is 12.0. The zero-order valence-corrected chi connectivity index (χ0v) is 21.7. The second kappa shape index (κ2) is 11.5. The number of hydrogen-bond acceptors (Lipinski definition) is 11. The summed E-state index contributed by atoms with van der Waals surface area (Å²) in [6.07, 6.45) is -5.42. The molecule has 1 saturated heterocycles. The van der Waals surface area contributed by atoms with E-state index in [0.29, 0.717) is 5.75 Å². The maximum Gasteiger partial charge on any atom is 0.303 e. The molecule has 2 aliphatic heterocycles. The predicted molar refractivity (Wildman–Crippen MR) is 131 cm³/mol. The van der Waals surface area contributed by atoms with E-state index in [1.165, 1.54) is 26.2 Å². The van der Waals surface area contributed by atoms with Crippen molar-refractivity contribution in [3.63, 3.8) is 0 Å². The summed E-state index contributed by atoms with van der Waals surface area (Å²) >= 11 is 0. The van der Waals surface area contributed by atoms with Crippen molar-refractivity contribution in [1.82, 2.24) is 4.90 Å².